The van der Waals surface area contributed by atoms with Gasteiger partial charge in [-0.05, 0) is 49.4 Å². The Labute approximate surface area is 184 Å². The maximum Gasteiger partial charge on any atom is 0.271 e. The summed E-state index contributed by atoms with van der Waals surface area (Å²) in [4.78, 5) is 32.5. The van der Waals surface area contributed by atoms with Crippen LogP contribution >= 0.6 is 0 Å². The lowest BCUT2D eigenvalue weighted by Gasteiger charge is -2.40. The highest BCUT2D eigenvalue weighted by Gasteiger charge is 2.46. The number of carbonyl (C=O) groups is 1. The Morgan fingerprint density at radius 2 is 2.22 bits per heavy atom. The van der Waals surface area contributed by atoms with Crippen LogP contribution < -0.4 is 21.3 Å². The van der Waals surface area contributed by atoms with Crippen molar-refractivity contribution in [2.24, 2.45) is 5.92 Å². The Morgan fingerprint density at radius 1 is 1.44 bits per heavy atom. The number of ether oxygens (including phenoxy) is 1. The maximum atomic E-state index is 14.6. The molecule has 4 rings (SSSR count). The van der Waals surface area contributed by atoms with Crippen molar-refractivity contribution in [3.8, 4) is 5.75 Å². The number of likely N-dealkylation sites (tertiary alicyclic amines) is 1. The predicted octanol–water partition coefficient (Wildman–Crippen LogP) is 2.59. The largest absolute Gasteiger partial charge is 0.492 e. The topological polar surface area (TPSA) is 113 Å². The second-order valence-electron chi connectivity index (χ2n) is 8.57. The molecule has 32 heavy (non-hydrogen) atoms. The van der Waals surface area contributed by atoms with Crippen molar-refractivity contribution in [2.75, 3.05) is 30.7 Å². The van der Waals surface area contributed by atoms with E-state index in [2.05, 4.69) is 15.3 Å². The Balaban J connectivity index is 1.39. The minimum absolute atomic E-state index is 0.0472. The Kier molecular flexibility index (Phi) is 6.14. The number of aromatic amines is 1. The first-order valence-corrected chi connectivity index (χ1v) is 10.7. The lowest BCUT2D eigenvalue weighted by Crippen LogP contribution is -2.52. The first kappa shape index (κ1) is 22.2. The van der Waals surface area contributed by atoms with Crippen molar-refractivity contribution in [3.63, 3.8) is 0 Å². The van der Waals surface area contributed by atoms with Gasteiger partial charge in [-0.2, -0.15) is 0 Å². The fourth-order valence-corrected chi connectivity index (χ4v) is 3.78. The summed E-state index contributed by atoms with van der Waals surface area (Å²) in [5.41, 5.74) is 5.22. The van der Waals surface area contributed by atoms with Gasteiger partial charge < -0.3 is 20.8 Å². The van der Waals surface area contributed by atoms with Gasteiger partial charge in [0.1, 0.15) is 11.6 Å². The van der Waals surface area contributed by atoms with Crippen LogP contribution in [-0.2, 0) is 4.79 Å². The number of nitrogens with zero attached hydrogens (tertiary/aromatic N) is 2. The van der Waals surface area contributed by atoms with Gasteiger partial charge in [-0.3, -0.25) is 14.5 Å². The van der Waals surface area contributed by atoms with Crippen LogP contribution in [0.5, 0.6) is 5.75 Å². The molecule has 0 bridgehead atoms. The number of H-pyrrole nitrogens is 1. The molecule has 1 aliphatic heterocycles. The number of carbonyl (C=O) groups excluding carboxylic acids is 1. The van der Waals surface area contributed by atoms with Gasteiger partial charge in [0.25, 0.3) is 11.5 Å². The van der Waals surface area contributed by atoms with Gasteiger partial charge in [0.15, 0.2) is 0 Å². The molecule has 2 aromatic heterocycles. The highest BCUT2D eigenvalue weighted by molar-refractivity contribution is 5.93. The van der Waals surface area contributed by atoms with Crippen molar-refractivity contribution in [1.82, 2.24) is 14.9 Å². The van der Waals surface area contributed by atoms with E-state index < -0.39 is 29.9 Å². The first-order chi connectivity index (χ1) is 15.2. The maximum absolute atomic E-state index is 14.6. The van der Waals surface area contributed by atoms with E-state index in [-0.39, 0.29) is 30.2 Å². The molecule has 10 heteroatoms. The van der Waals surface area contributed by atoms with Crippen molar-refractivity contribution in [1.29, 1.82) is 0 Å². The average molecular weight is 447 g/mol. The van der Waals surface area contributed by atoms with Crippen molar-refractivity contribution < 1.29 is 18.3 Å². The quantitative estimate of drug-likeness (QED) is 0.601. The average Bonchev–Trinajstić information content (AvgIpc) is 3.59. The number of alkyl halides is 2. The van der Waals surface area contributed by atoms with Crippen LogP contribution in [-0.4, -0.2) is 52.4 Å². The Hall–Kier alpha value is -3.01. The van der Waals surface area contributed by atoms with Crippen molar-refractivity contribution in [3.05, 3.63) is 46.5 Å². The molecule has 2 aromatic rings. The molecule has 0 unspecified atom stereocenters. The molecule has 8 nitrogen and oxygen atoms in total. The molecule has 2 aliphatic rings. The predicted molar refractivity (Wildman–Crippen MR) is 116 cm³/mol. The zero-order valence-corrected chi connectivity index (χ0v) is 17.8. The molecule has 1 amide bonds. The number of nitrogens with one attached hydrogen (secondary N) is 2. The number of aromatic nitrogens is 2. The van der Waals surface area contributed by atoms with E-state index in [1.807, 2.05) is 0 Å². The lowest BCUT2D eigenvalue weighted by molar-refractivity contribution is -0.125. The van der Waals surface area contributed by atoms with E-state index >= 15 is 0 Å². The number of hydrogen-bond acceptors (Lipinski definition) is 6. The van der Waals surface area contributed by atoms with Gasteiger partial charge in [0, 0.05) is 25.7 Å². The van der Waals surface area contributed by atoms with E-state index in [0.29, 0.717) is 24.1 Å². The highest BCUT2D eigenvalue weighted by atomic mass is 19.3. The van der Waals surface area contributed by atoms with Crippen LogP contribution in [0, 0.1) is 5.92 Å². The summed E-state index contributed by atoms with van der Waals surface area (Å²) in [6, 6.07) is 4.03. The van der Waals surface area contributed by atoms with Gasteiger partial charge in [0.05, 0.1) is 30.5 Å². The number of nitrogens with two attached hydrogens (primary N) is 1. The van der Waals surface area contributed by atoms with Crippen LogP contribution in [0.2, 0.25) is 0 Å². The Morgan fingerprint density at radius 3 is 2.88 bits per heavy atom. The van der Waals surface area contributed by atoms with Crippen LogP contribution in [0.3, 0.4) is 0 Å². The summed E-state index contributed by atoms with van der Waals surface area (Å²) in [5.74, 6) is -2.86. The lowest BCUT2D eigenvalue weighted by atomic mass is 9.87. The van der Waals surface area contributed by atoms with Crippen LogP contribution in [0.25, 0.3) is 0 Å². The normalized spacial score (nSPS) is 21.7. The number of halogens is 2. The summed E-state index contributed by atoms with van der Waals surface area (Å²) < 4.78 is 34.9. The molecule has 1 saturated carbocycles. The molecule has 0 spiro atoms. The summed E-state index contributed by atoms with van der Waals surface area (Å²) >= 11 is 0. The van der Waals surface area contributed by atoms with E-state index in [1.165, 1.54) is 25.1 Å². The number of anilines is 2. The molecule has 1 saturated heterocycles. The van der Waals surface area contributed by atoms with Gasteiger partial charge in [-0.15, -0.1) is 0 Å². The SMILES string of the molecule is C[C@@H](C(=O)Nc1ccc(OCC2CC2)cn1)N1CCC(F)(F)[C@@H](c2c[nH]c(=O)c(N)c2)C1. The second kappa shape index (κ2) is 8.85. The zero-order chi connectivity index (χ0) is 22.9. The minimum Gasteiger partial charge on any atom is -0.492 e. The smallest absolute Gasteiger partial charge is 0.271 e. The monoisotopic (exact) mass is 447 g/mol. The molecule has 1 aliphatic carbocycles. The first-order valence-electron chi connectivity index (χ1n) is 10.7. The fraction of sp³-hybridized carbons (Fsp3) is 0.500. The summed E-state index contributed by atoms with van der Waals surface area (Å²) in [5, 5.41) is 2.73. The van der Waals surface area contributed by atoms with Gasteiger partial charge in [-0.25, -0.2) is 13.8 Å². The van der Waals surface area contributed by atoms with Crippen molar-refractivity contribution >= 4 is 17.4 Å². The number of amides is 1. The molecule has 0 radical (unpaired) electrons. The van der Waals surface area contributed by atoms with E-state index in [1.54, 1.807) is 30.2 Å². The van der Waals surface area contributed by atoms with Gasteiger partial charge in [0.2, 0.25) is 5.91 Å². The standard InChI is InChI=1S/C22H27F2N5O3/c1-13(20(30)28-19-5-4-16(10-26-19)32-12-14-2-3-14)29-7-6-22(23,24)17(11-29)15-8-18(25)21(31)27-9-15/h4-5,8-10,13-14,17H,2-3,6-7,11-12,25H2,1H3,(H,27,31)(H,26,28,30)/t13-,17+/m0/s1. The molecule has 172 valence electrons. The second-order valence-corrected chi connectivity index (χ2v) is 8.57. The molecular weight excluding hydrogens is 420 g/mol. The van der Waals surface area contributed by atoms with Crippen LogP contribution in [0.1, 0.15) is 37.7 Å². The minimum atomic E-state index is -2.98. The molecule has 4 N–H and O–H groups in total. The van der Waals surface area contributed by atoms with Crippen molar-refractivity contribution in [2.45, 2.75) is 44.1 Å². The zero-order valence-electron chi connectivity index (χ0n) is 17.8. The number of rotatable bonds is 7. The number of pyridine rings is 2. The third kappa shape index (κ3) is 5.07. The number of piperidine rings is 1. The molecular formula is C22H27F2N5O3. The summed E-state index contributed by atoms with van der Waals surface area (Å²) in [6.45, 7) is 2.36. The number of hydrogen-bond donors (Lipinski definition) is 3. The van der Waals surface area contributed by atoms with E-state index in [9.17, 15) is 18.4 Å². The molecule has 2 fully saturated rings. The summed E-state index contributed by atoms with van der Waals surface area (Å²) in [7, 11) is 0. The molecule has 2 atom stereocenters. The van der Waals surface area contributed by atoms with Crippen LogP contribution in [0.4, 0.5) is 20.3 Å². The van der Waals surface area contributed by atoms with E-state index in [0.717, 1.165) is 0 Å². The third-order valence-corrected chi connectivity index (χ3v) is 6.11. The van der Waals surface area contributed by atoms with E-state index in [4.69, 9.17) is 10.5 Å². The third-order valence-electron chi connectivity index (χ3n) is 6.11. The molecule has 0 aromatic carbocycles. The fourth-order valence-electron chi connectivity index (χ4n) is 3.78. The highest BCUT2D eigenvalue weighted by Crippen LogP contribution is 2.40. The van der Waals surface area contributed by atoms with Gasteiger partial charge in [-0.1, -0.05) is 0 Å². The molecule has 3 heterocycles. The summed E-state index contributed by atoms with van der Waals surface area (Å²) in [6.07, 6.45) is 4.80. The van der Waals surface area contributed by atoms with Crippen LogP contribution in [0.15, 0.2) is 35.4 Å². The number of nitrogen functional groups attached to an aromatic ring is 1. The van der Waals surface area contributed by atoms with Gasteiger partial charge >= 0.3 is 0 Å². The Bertz CT molecular complexity index is 1020.